The normalized spacial score (nSPS) is 25.0. The fourth-order valence-corrected chi connectivity index (χ4v) is 3.35. The van der Waals surface area contributed by atoms with Crippen molar-refractivity contribution in [3.8, 4) is 0 Å². The van der Waals surface area contributed by atoms with E-state index in [1.165, 1.54) is 11.1 Å². The van der Waals surface area contributed by atoms with Crippen molar-refractivity contribution < 1.29 is 9.53 Å². The van der Waals surface area contributed by atoms with Crippen molar-refractivity contribution >= 4 is 6.09 Å². The number of carbonyl (C=O) groups excluding carboxylic acids is 1. The Morgan fingerprint density at radius 1 is 1.22 bits per heavy atom. The van der Waals surface area contributed by atoms with Crippen LogP contribution in [0, 0.1) is 6.92 Å². The molecule has 0 aliphatic heterocycles. The molecule has 0 unspecified atom stereocenters. The fraction of sp³-hybridized carbons (Fsp3) is 0.632. The third-order valence-corrected chi connectivity index (χ3v) is 4.44. The van der Waals surface area contributed by atoms with Crippen molar-refractivity contribution in [2.75, 3.05) is 7.05 Å². The van der Waals surface area contributed by atoms with Gasteiger partial charge in [0.25, 0.3) is 0 Å². The molecular formula is C19H30N2O2. The zero-order valence-electron chi connectivity index (χ0n) is 15.0. The van der Waals surface area contributed by atoms with Crippen LogP contribution < -0.4 is 10.6 Å². The smallest absolute Gasteiger partial charge is 0.407 e. The number of likely N-dealkylation sites (N-methyl/N-ethyl adjacent to an activating group) is 1. The number of rotatable bonds is 3. The molecule has 0 heterocycles. The van der Waals surface area contributed by atoms with Crippen molar-refractivity contribution in [3.05, 3.63) is 35.4 Å². The molecule has 1 fully saturated rings. The molecule has 0 saturated heterocycles. The molecule has 0 bridgehead atoms. The average Bonchev–Trinajstić information content (AvgIpc) is 2.45. The highest BCUT2D eigenvalue weighted by Gasteiger charge is 2.32. The number of nitrogens with one attached hydrogen (secondary N) is 2. The second kappa shape index (κ2) is 7.35. The molecule has 1 amide bonds. The molecule has 1 aliphatic carbocycles. The molecule has 0 radical (unpaired) electrons. The minimum atomic E-state index is -0.460. The molecule has 0 spiro atoms. The van der Waals surface area contributed by atoms with E-state index in [-0.39, 0.29) is 18.2 Å². The molecule has 4 nitrogen and oxygen atoms in total. The van der Waals surface area contributed by atoms with Crippen LogP contribution in [0.15, 0.2) is 24.3 Å². The molecular weight excluding hydrogens is 288 g/mol. The van der Waals surface area contributed by atoms with Gasteiger partial charge < -0.3 is 15.4 Å². The second-order valence-electron chi connectivity index (χ2n) is 7.57. The number of alkyl carbamates (subject to hydrolysis) is 1. The highest BCUT2D eigenvalue weighted by molar-refractivity contribution is 5.68. The van der Waals surface area contributed by atoms with Crippen LogP contribution >= 0.6 is 0 Å². The van der Waals surface area contributed by atoms with Gasteiger partial charge in [-0.3, -0.25) is 0 Å². The van der Waals surface area contributed by atoms with Gasteiger partial charge in [0, 0.05) is 12.1 Å². The second-order valence-corrected chi connectivity index (χ2v) is 7.57. The topological polar surface area (TPSA) is 50.4 Å². The summed E-state index contributed by atoms with van der Waals surface area (Å²) >= 11 is 0. The van der Waals surface area contributed by atoms with E-state index in [1.54, 1.807) is 0 Å². The van der Waals surface area contributed by atoms with E-state index in [9.17, 15) is 4.79 Å². The fourth-order valence-electron chi connectivity index (χ4n) is 3.35. The molecule has 3 atom stereocenters. The van der Waals surface area contributed by atoms with E-state index < -0.39 is 5.60 Å². The molecule has 2 N–H and O–H groups in total. The summed E-state index contributed by atoms with van der Waals surface area (Å²) in [5.74, 6) is 0.545. The van der Waals surface area contributed by atoms with Gasteiger partial charge in [0.05, 0.1) is 0 Å². The molecule has 1 aromatic carbocycles. The van der Waals surface area contributed by atoms with Crippen LogP contribution in [0.3, 0.4) is 0 Å². The van der Waals surface area contributed by atoms with E-state index in [4.69, 9.17) is 4.74 Å². The van der Waals surface area contributed by atoms with Crippen LogP contribution in [0.5, 0.6) is 0 Å². The lowest BCUT2D eigenvalue weighted by atomic mass is 9.78. The number of carbonyl (C=O) groups is 1. The lowest BCUT2D eigenvalue weighted by molar-refractivity contribution is 0.0478. The Labute approximate surface area is 140 Å². The van der Waals surface area contributed by atoms with Crippen LogP contribution in [0.4, 0.5) is 4.79 Å². The van der Waals surface area contributed by atoms with Crippen LogP contribution in [-0.2, 0) is 4.74 Å². The first-order valence-electron chi connectivity index (χ1n) is 8.52. The van der Waals surface area contributed by atoms with Crippen LogP contribution in [0.25, 0.3) is 0 Å². The monoisotopic (exact) mass is 318 g/mol. The van der Waals surface area contributed by atoms with E-state index in [0.29, 0.717) is 5.92 Å². The quantitative estimate of drug-likeness (QED) is 0.892. The molecule has 1 saturated carbocycles. The van der Waals surface area contributed by atoms with Gasteiger partial charge in [-0.15, -0.1) is 0 Å². The Bertz CT molecular complexity index is 536. The van der Waals surface area contributed by atoms with Gasteiger partial charge in [-0.25, -0.2) is 4.79 Å². The van der Waals surface area contributed by atoms with Crippen molar-refractivity contribution in [1.29, 1.82) is 0 Å². The Hall–Kier alpha value is -1.55. The van der Waals surface area contributed by atoms with Crippen molar-refractivity contribution in [3.63, 3.8) is 0 Å². The van der Waals surface area contributed by atoms with Gasteiger partial charge in [-0.05, 0) is 65.5 Å². The van der Waals surface area contributed by atoms with E-state index >= 15 is 0 Å². The highest BCUT2D eigenvalue weighted by atomic mass is 16.6. The Morgan fingerprint density at radius 3 is 2.57 bits per heavy atom. The number of ether oxygens (including phenoxy) is 1. The third-order valence-electron chi connectivity index (χ3n) is 4.44. The minimum absolute atomic E-state index is 0.121. The number of amides is 1. The largest absolute Gasteiger partial charge is 0.444 e. The van der Waals surface area contributed by atoms with Gasteiger partial charge in [0.1, 0.15) is 5.60 Å². The molecule has 2 rings (SSSR count). The molecule has 1 aliphatic rings. The third kappa shape index (κ3) is 5.24. The number of hydrogen-bond acceptors (Lipinski definition) is 3. The molecule has 128 valence electrons. The van der Waals surface area contributed by atoms with E-state index in [2.05, 4.69) is 41.8 Å². The maximum atomic E-state index is 12.0. The van der Waals surface area contributed by atoms with Gasteiger partial charge in [-0.2, -0.15) is 0 Å². The van der Waals surface area contributed by atoms with Gasteiger partial charge >= 0.3 is 6.09 Å². The summed E-state index contributed by atoms with van der Waals surface area (Å²) in [7, 11) is 1.97. The average molecular weight is 318 g/mol. The Balaban J connectivity index is 1.97. The molecule has 0 aromatic heterocycles. The molecule has 23 heavy (non-hydrogen) atoms. The SMILES string of the molecule is CN[C@H]1C[C@@H](c2cccc(C)c2)CC[C@@H]1NC(=O)OC(C)(C)C. The minimum Gasteiger partial charge on any atom is -0.444 e. The number of hydrogen-bond donors (Lipinski definition) is 2. The summed E-state index contributed by atoms with van der Waals surface area (Å²) < 4.78 is 5.38. The van der Waals surface area contributed by atoms with Crippen molar-refractivity contribution in [1.82, 2.24) is 10.6 Å². The zero-order valence-corrected chi connectivity index (χ0v) is 15.0. The van der Waals surface area contributed by atoms with Gasteiger partial charge in [-0.1, -0.05) is 29.8 Å². The van der Waals surface area contributed by atoms with Gasteiger partial charge in [0.2, 0.25) is 0 Å². The van der Waals surface area contributed by atoms with Gasteiger partial charge in [0.15, 0.2) is 0 Å². The Kier molecular flexibility index (Phi) is 5.69. The van der Waals surface area contributed by atoms with Crippen LogP contribution in [0.2, 0.25) is 0 Å². The molecule has 4 heteroatoms. The summed E-state index contributed by atoms with van der Waals surface area (Å²) in [6, 6.07) is 9.14. The molecule has 1 aromatic rings. The lowest BCUT2D eigenvalue weighted by Gasteiger charge is -2.37. The summed E-state index contributed by atoms with van der Waals surface area (Å²) in [6.07, 6.45) is 2.75. The van der Waals surface area contributed by atoms with Crippen molar-refractivity contribution in [2.24, 2.45) is 0 Å². The predicted octanol–water partition coefficient (Wildman–Crippen LogP) is 3.74. The van der Waals surface area contributed by atoms with E-state index in [1.807, 2.05) is 27.8 Å². The number of aryl methyl sites for hydroxylation is 1. The van der Waals surface area contributed by atoms with Crippen LogP contribution in [0.1, 0.15) is 57.1 Å². The number of benzene rings is 1. The summed E-state index contributed by atoms with van der Waals surface area (Å²) in [5, 5.41) is 6.40. The highest BCUT2D eigenvalue weighted by Crippen LogP contribution is 2.33. The summed E-state index contributed by atoms with van der Waals surface area (Å²) in [5.41, 5.74) is 2.25. The van der Waals surface area contributed by atoms with Crippen molar-refractivity contribution in [2.45, 2.75) is 70.6 Å². The predicted molar refractivity (Wildman–Crippen MR) is 93.8 cm³/mol. The maximum absolute atomic E-state index is 12.0. The first-order chi connectivity index (χ1) is 10.8. The summed E-state index contributed by atoms with van der Waals surface area (Å²) in [6.45, 7) is 7.79. The first kappa shape index (κ1) is 17.8. The summed E-state index contributed by atoms with van der Waals surface area (Å²) in [4.78, 5) is 12.0. The zero-order chi connectivity index (χ0) is 17.0. The van der Waals surface area contributed by atoms with Crippen LogP contribution in [-0.4, -0.2) is 30.8 Å². The van der Waals surface area contributed by atoms with E-state index in [0.717, 1.165) is 19.3 Å². The maximum Gasteiger partial charge on any atom is 0.407 e. The first-order valence-corrected chi connectivity index (χ1v) is 8.52. The Morgan fingerprint density at radius 2 is 1.96 bits per heavy atom. The standard InChI is InChI=1S/C19H30N2O2/c1-13-7-6-8-14(11-13)15-9-10-16(17(12-15)20-5)21-18(22)23-19(2,3)4/h6-8,11,15-17,20H,9-10,12H2,1-5H3,(H,21,22)/t15-,16-,17-/m0/s1. The lowest BCUT2D eigenvalue weighted by Crippen LogP contribution is -2.52.